The standard InChI is InChI=1S/C29H29N3O3S/c33-28(18-23-10-4-1-5-11-23)31(26-16-17-26)21-27-19-30-29(32(27)20-24-12-6-2-7-13-24)36(34,35)22-25-14-8-3-9-15-25/h1-15,19,26H,16-18,20-22H2. The number of nitrogens with zero attached hydrogens (tertiary/aromatic N) is 3. The Bertz CT molecular complexity index is 1410. The summed E-state index contributed by atoms with van der Waals surface area (Å²) in [5.41, 5.74) is 3.38. The molecule has 0 saturated heterocycles. The highest BCUT2D eigenvalue weighted by atomic mass is 32.2. The lowest BCUT2D eigenvalue weighted by Crippen LogP contribution is -2.34. The fourth-order valence-electron chi connectivity index (χ4n) is 4.41. The number of carbonyl (C=O) groups excluding carboxylic acids is 1. The minimum atomic E-state index is -3.70. The van der Waals surface area contributed by atoms with Crippen molar-refractivity contribution in [3.63, 3.8) is 0 Å². The van der Waals surface area contributed by atoms with Gasteiger partial charge in [0.1, 0.15) is 0 Å². The molecule has 1 amide bonds. The highest BCUT2D eigenvalue weighted by Gasteiger charge is 2.34. The Hall–Kier alpha value is -3.71. The summed E-state index contributed by atoms with van der Waals surface area (Å²) in [6.45, 7) is 0.696. The van der Waals surface area contributed by atoms with Crippen molar-refractivity contribution in [3.05, 3.63) is 120 Å². The second-order valence-corrected chi connectivity index (χ2v) is 11.1. The number of aromatic nitrogens is 2. The van der Waals surface area contributed by atoms with Gasteiger partial charge in [0.05, 0.1) is 37.2 Å². The molecule has 0 N–H and O–H groups in total. The number of hydrogen-bond acceptors (Lipinski definition) is 4. The lowest BCUT2D eigenvalue weighted by atomic mass is 10.1. The summed E-state index contributed by atoms with van der Waals surface area (Å²) in [7, 11) is -3.70. The van der Waals surface area contributed by atoms with Crippen molar-refractivity contribution in [3.8, 4) is 0 Å². The third-order valence-electron chi connectivity index (χ3n) is 6.40. The van der Waals surface area contributed by atoms with Crippen LogP contribution in [0, 0.1) is 0 Å². The molecule has 1 saturated carbocycles. The number of amides is 1. The van der Waals surface area contributed by atoms with Crippen LogP contribution in [0.25, 0.3) is 0 Å². The second kappa shape index (κ2) is 10.5. The van der Waals surface area contributed by atoms with Gasteiger partial charge in [0, 0.05) is 6.04 Å². The van der Waals surface area contributed by atoms with Crippen molar-refractivity contribution in [2.24, 2.45) is 0 Å². The number of imidazole rings is 1. The molecule has 0 radical (unpaired) electrons. The quantitative estimate of drug-likeness (QED) is 0.319. The normalized spacial score (nSPS) is 13.4. The molecule has 4 aromatic rings. The van der Waals surface area contributed by atoms with Crippen LogP contribution in [0.15, 0.2) is 102 Å². The zero-order valence-electron chi connectivity index (χ0n) is 20.0. The van der Waals surface area contributed by atoms with Crippen molar-refractivity contribution >= 4 is 15.7 Å². The van der Waals surface area contributed by atoms with E-state index in [2.05, 4.69) is 4.98 Å². The zero-order chi connectivity index (χ0) is 25.0. The molecule has 0 bridgehead atoms. The number of carbonyl (C=O) groups is 1. The van der Waals surface area contributed by atoms with Crippen molar-refractivity contribution in [2.45, 2.75) is 49.3 Å². The minimum absolute atomic E-state index is 0.0384. The van der Waals surface area contributed by atoms with Gasteiger partial charge in [-0.1, -0.05) is 91.0 Å². The van der Waals surface area contributed by atoms with Crippen LogP contribution in [0.2, 0.25) is 0 Å². The molecule has 5 rings (SSSR count). The Morgan fingerprint density at radius 2 is 1.39 bits per heavy atom. The Labute approximate surface area is 212 Å². The predicted molar refractivity (Wildman–Crippen MR) is 139 cm³/mol. The van der Waals surface area contributed by atoms with E-state index in [1.807, 2.05) is 83.8 Å². The molecule has 3 aromatic carbocycles. The molecule has 7 heteroatoms. The molecule has 184 valence electrons. The highest BCUT2D eigenvalue weighted by Crippen LogP contribution is 2.30. The van der Waals surface area contributed by atoms with Gasteiger partial charge in [0.25, 0.3) is 0 Å². The van der Waals surface area contributed by atoms with Crippen molar-refractivity contribution < 1.29 is 13.2 Å². The molecular weight excluding hydrogens is 470 g/mol. The van der Waals surface area contributed by atoms with Crippen LogP contribution in [-0.4, -0.2) is 34.8 Å². The maximum Gasteiger partial charge on any atom is 0.228 e. The molecule has 1 fully saturated rings. The van der Waals surface area contributed by atoms with Crippen molar-refractivity contribution in [1.82, 2.24) is 14.5 Å². The fraction of sp³-hybridized carbons (Fsp3) is 0.241. The van der Waals surface area contributed by atoms with Crippen molar-refractivity contribution in [2.75, 3.05) is 0 Å². The van der Waals surface area contributed by atoms with Gasteiger partial charge < -0.3 is 9.47 Å². The van der Waals surface area contributed by atoms with E-state index in [1.54, 1.807) is 22.9 Å². The van der Waals surface area contributed by atoms with Gasteiger partial charge in [-0.05, 0) is 29.5 Å². The Kier molecular flexibility index (Phi) is 7.00. The Morgan fingerprint density at radius 3 is 1.97 bits per heavy atom. The van der Waals surface area contributed by atoms with Gasteiger partial charge in [0.15, 0.2) is 0 Å². The topological polar surface area (TPSA) is 72.3 Å². The molecule has 1 aliphatic carbocycles. The van der Waals surface area contributed by atoms with E-state index in [-0.39, 0.29) is 22.9 Å². The maximum atomic E-state index is 13.5. The average molecular weight is 500 g/mol. The van der Waals surface area contributed by atoms with Gasteiger partial charge in [0.2, 0.25) is 20.9 Å². The van der Waals surface area contributed by atoms with Crippen LogP contribution in [0.4, 0.5) is 0 Å². The number of hydrogen-bond donors (Lipinski definition) is 0. The summed E-state index contributed by atoms with van der Waals surface area (Å²) in [6.07, 6.45) is 3.87. The number of sulfone groups is 1. The molecule has 1 aliphatic rings. The molecular formula is C29H29N3O3S. The third kappa shape index (κ3) is 5.74. The largest absolute Gasteiger partial charge is 0.334 e. The van der Waals surface area contributed by atoms with Gasteiger partial charge in [-0.25, -0.2) is 13.4 Å². The molecule has 1 heterocycles. The molecule has 0 aliphatic heterocycles. The number of rotatable bonds is 10. The third-order valence-corrected chi connectivity index (χ3v) is 8.00. The first kappa shape index (κ1) is 24.0. The van der Waals surface area contributed by atoms with E-state index in [0.29, 0.717) is 25.1 Å². The lowest BCUT2D eigenvalue weighted by molar-refractivity contribution is -0.131. The lowest BCUT2D eigenvalue weighted by Gasteiger charge is -2.24. The molecule has 0 spiro atoms. The van der Waals surface area contributed by atoms with Crippen LogP contribution in [0.1, 0.15) is 35.2 Å². The summed E-state index contributed by atoms with van der Waals surface area (Å²) >= 11 is 0. The van der Waals surface area contributed by atoms with E-state index in [4.69, 9.17) is 0 Å². The van der Waals surface area contributed by atoms with Gasteiger partial charge >= 0.3 is 0 Å². The summed E-state index contributed by atoms with van der Waals surface area (Å²) in [5, 5.41) is 0.0384. The van der Waals surface area contributed by atoms with Crippen molar-refractivity contribution in [1.29, 1.82) is 0 Å². The van der Waals surface area contributed by atoms with Crippen LogP contribution >= 0.6 is 0 Å². The first-order chi connectivity index (χ1) is 17.5. The molecule has 0 atom stereocenters. The summed E-state index contributed by atoms with van der Waals surface area (Å²) in [5.74, 6) is -0.0805. The Balaban J connectivity index is 1.46. The average Bonchev–Trinajstić information content (AvgIpc) is 3.64. The van der Waals surface area contributed by atoms with E-state index in [0.717, 1.165) is 29.7 Å². The van der Waals surface area contributed by atoms with Gasteiger partial charge in [-0.2, -0.15) is 0 Å². The number of benzene rings is 3. The van der Waals surface area contributed by atoms with Crippen LogP contribution in [-0.2, 0) is 39.9 Å². The van der Waals surface area contributed by atoms with Crippen LogP contribution < -0.4 is 0 Å². The van der Waals surface area contributed by atoms with Gasteiger partial charge in [-0.3, -0.25) is 4.79 Å². The minimum Gasteiger partial charge on any atom is -0.334 e. The van der Waals surface area contributed by atoms with Crippen LogP contribution in [0.5, 0.6) is 0 Å². The Morgan fingerprint density at radius 1 is 0.833 bits per heavy atom. The van der Waals surface area contributed by atoms with E-state index in [9.17, 15) is 13.2 Å². The molecule has 1 aromatic heterocycles. The summed E-state index contributed by atoms with van der Waals surface area (Å²) in [4.78, 5) is 19.6. The predicted octanol–water partition coefficient (Wildman–Crippen LogP) is 4.64. The fourth-order valence-corrected chi connectivity index (χ4v) is 5.90. The SMILES string of the molecule is O=C(Cc1ccccc1)N(Cc1cnc(S(=O)(=O)Cc2ccccc2)n1Cc1ccccc1)C1CC1. The van der Waals surface area contributed by atoms with E-state index >= 15 is 0 Å². The zero-order valence-corrected chi connectivity index (χ0v) is 20.8. The molecule has 36 heavy (non-hydrogen) atoms. The highest BCUT2D eigenvalue weighted by molar-refractivity contribution is 7.90. The monoisotopic (exact) mass is 499 g/mol. The molecule has 0 unspecified atom stereocenters. The maximum absolute atomic E-state index is 13.5. The van der Waals surface area contributed by atoms with Crippen LogP contribution in [0.3, 0.4) is 0 Å². The van der Waals surface area contributed by atoms with E-state index in [1.165, 1.54) is 0 Å². The second-order valence-electron chi connectivity index (χ2n) is 9.26. The first-order valence-electron chi connectivity index (χ1n) is 12.2. The van der Waals surface area contributed by atoms with E-state index < -0.39 is 9.84 Å². The smallest absolute Gasteiger partial charge is 0.228 e. The summed E-state index contributed by atoms with van der Waals surface area (Å²) < 4.78 is 28.7. The van der Waals surface area contributed by atoms with Gasteiger partial charge in [-0.15, -0.1) is 0 Å². The summed E-state index contributed by atoms with van der Waals surface area (Å²) in [6, 6.07) is 28.8. The first-order valence-corrected chi connectivity index (χ1v) is 13.8. The molecule has 6 nitrogen and oxygen atoms in total.